The van der Waals surface area contributed by atoms with Crippen molar-refractivity contribution >= 4 is 17.3 Å². The number of benzene rings is 1. The minimum Gasteiger partial charge on any atom is -0.445 e. The number of nitro benzene ring substituents is 1. The molecule has 6 nitrogen and oxygen atoms in total. The van der Waals surface area contributed by atoms with Crippen molar-refractivity contribution in [2.45, 2.75) is 20.0 Å². The van der Waals surface area contributed by atoms with Crippen molar-refractivity contribution in [2.24, 2.45) is 0 Å². The molecule has 0 bridgehead atoms. The number of halogens is 1. The van der Waals surface area contributed by atoms with Crippen molar-refractivity contribution in [3.8, 4) is 0 Å². The van der Waals surface area contributed by atoms with E-state index >= 15 is 0 Å². The van der Waals surface area contributed by atoms with Gasteiger partial charge in [-0.25, -0.2) is 4.98 Å². The number of nitrogens with zero attached hydrogens (tertiary/aromatic N) is 2. The summed E-state index contributed by atoms with van der Waals surface area (Å²) < 4.78 is 5.30. The lowest BCUT2D eigenvalue weighted by Gasteiger charge is -2.05. The third-order valence-corrected chi connectivity index (χ3v) is 2.87. The van der Waals surface area contributed by atoms with Crippen LogP contribution in [-0.4, -0.2) is 9.91 Å². The van der Waals surface area contributed by atoms with Crippen molar-refractivity contribution in [3.05, 3.63) is 56.7 Å². The Morgan fingerprint density at radius 2 is 2.26 bits per heavy atom. The highest BCUT2D eigenvalue weighted by Gasteiger charge is 2.09. The summed E-state index contributed by atoms with van der Waals surface area (Å²) in [5.41, 5.74) is 0.687. The average Bonchev–Trinajstić information content (AvgIpc) is 2.77. The molecule has 1 heterocycles. The lowest BCUT2D eigenvalue weighted by atomic mass is 10.2. The quantitative estimate of drug-likeness (QED) is 0.673. The molecule has 0 saturated carbocycles. The van der Waals surface area contributed by atoms with Gasteiger partial charge in [0.2, 0.25) is 5.89 Å². The first-order chi connectivity index (χ1) is 9.06. The fourth-order valence-corrected chi connectivity index (χ4v) is 1.78. The van der Waals surface area contributed by atoms with Crippen molar-refractivity contribution in [1.29, 1.82) is 0 Å². The van der Waals surface area contributed by atoms with E-state index in [1.807, 2.05) is 6.92 Å². The van der Waals surface area contributed by atoms with Gasteiger partial charge < -0.3 is 9.73 Å². The molecule has 1 aromatic carbocycles. The molecule has 100 valence electrons. The Morgan fingerprint density at radius 3 is 2.89 bits per heavy atom. The first-order valence-corrected chi connectivity index (χ1v) is 5.99. The number of aryl methyl sites for hydroxylation is 1. The maximum Gasteiger partial charge on any atom is 0.269 e. The van der Waals surface area contributed by atoms with Gasteiger partial charge in [-0.05, 0) is 18.6 Å². The molecule has 1 aromatic heterocycles. The molecule has 2 aromatic rings. The van der Waals surface area contributed by atoms with Crippen LogP contribution in [0.4, 0.5) is 5.69 Å². The zero-order valence-corrected chi connectivity index (χ0v) is 11.0. The summed E-state index contributed by atoms with van der Waals surface area (Å²) in [6.07, 6.45) is 1.64. The van der Waals surface area contributed by atoms with E-state index in [4.69, 9.17) is 16.0 Å². The molecule has 0 atom stereocenters. The normalized spacial score (nSPS) is 10.6. The molecule has 1 N–H and O–H groups in total. The maximum absolute atomic E-state index is 10.7. The molecule has 0 aliphatic rings. The molecule has 0 amide bonds. The predicted molar refractivity (Wildman–Crippen MR) is 69.9 cm³/mol. The highest BCUT2D eigenvalue weighted by atomic mass is 35.5. The van der Waals surface area contributed by atoms with Crippen molar-refractivity contribution < 1.29 is 9.34 Å². The van der Waals surface area contributed by atoms with Gasteiger partial charge in [0, 0.05) is 23.7 Å². The third kappa shape index (κ3) is 3.52. The molecular weight excluding hydrogens is 270 g/mol. The van der Waals surface area contributed by atoms with E-state index in [-0.39, 0.29) is 5.69 Å². The zero-order chi connectivity index (χ0) is 13.8. The van der Waals surface area contributed by atoms with Crippen LogP contribution in [0.15, 0.2) is 28.8 Å². The van der Waals surface area contributed by atoms with Crippen molar-refractivity contribution in [3.63, 3.8) is 0 Å². The maximum atomic E-state index is 10.7. The Kier molecular flexibility index (Phi) is 4.13. The largest absolute Gasteiger partial charge is 0.445 e. The molecule has 2 rings (SSSR count). The molecule has 0 fully saturated rings. The van der Waals surface area contributed by atoms with Gasteiger partial charge in [-0.2, -0.15) is 0 Å². The number of non-ortho nitro benzene ring substituents is 1. The van der Waals surface area contributed by atoms with E-state index in [0.717, 1.165) is 5.76 Å². The summed E-state index contributed by atoms with van der Waals surface area (Å²) in [4.78, 5) is 14.3. The van der Waals surface area contributed by atoms with Gasteiger partial charge in [-0.3, -0.25) is 10.1 Å². The topological polar surface area (TPSA) is 81.2 Å². The third-order valence-electron chi connectivity index (χ3n) is 2.50. The lowest BCUT2D eigenvalue weighted by Crippen LogP contribution is -2.13. The summed E-state index contributed by atoms with van der Waals surface area (Å²) in [7, 11) is 0. The second-order valence-electron chi connectivity index (χ2n) is 4.00. The first kappa shape index (κ1) is 13.5. The second-order valence-corrected chi connectivity index (χ2v) is 4.41. The van der Waals surface area contributed by atoms with E-state index in [0.29, 0.717) is 29.6 Å². The predicted octanol–water partition coefficient (Wildman–Crippen LogP) is 2.83. The van der Waals surface area contributed by atoms with Gasteiger partial charge in [0.15, 0.2) is 0 Å². The van der Waals surface area contributed by atoms with Crippen LogP contribution in [0.3, 0.4) is 0 Å². The van der Waals surface area contributed by atoms with Crippen LogP contribution in [0.5, 0.6) is 0 Å². The minimum atomic E-state index is -0.447. The smallest absolute Gasteiger partial charge is 0.269 e. The molecule has 19 heavy (non-hydrogen) atoms. The van der Waals surface area contributed by atoms with E-state index in [9.17, 15) is 10.1 Å². The van der Waals surface area contributed by atoms with Crippen molar-refractivity contribution in [2.75, 3.05) is 0 Å². The zero-order valence-electron chi connectivity index (χ0n) is 10.2. The van der Waals surface area contributed by atoms with Crippen LogP contribution in [0.1, 0.15) is 17.2 Å². The Bertz CT molecular complexity index is 598. The van der Waals surface area contributed by atoms with Gasteiger partial charge in [-0.15, -0.1) is 0 Å². The summed E-state index contributed by atoms with van der Waals surface area (Å²) >= 11 is 5.99. The minimum absolute atomic E-state index is 0.0215. The van der Waals surface area contributed by atoms with Gasteiger partial charge in [0.1, 0.15) is 5.76 Å². The second kappa shape index (κ2) is 5.81. The molecule has 0 aliphatic carbocycles. The number of hydrogen-bond acceptors (Lipinski definition) is 5. The summed E-state index contributed by atoms with van der Waals surface area (Å²) in [6.45, 7) is 2.66. The number of hydrogen-bond donors (Lipinski definition) is 1. The lowest BCUT2D eigenvalue weighted by molar-refractivity contribution is -0.384. The fraction of sp³-hybridized carbons (Fsp3) is 0.250. The Morgan fingerprint density at radius 1 is 1.47 bits per heavy atom. The Hall–Kier alpha value is -1.92. The number of rotatable bonds is 5. The van der Waals surface area contributed by atoms with Crippen LogP contribution in [0.2, 0.25) is 5.02 Å². The number of nitro groups is 1. The highest BCUT2D eigenvalue weighted by molar-refractivity contribution is 6.31. The fourth-order valence-electron chi connectivity index (χ4n) is 1.60. The molecule has 0 radical (unpaired) electrons. The molecule has 0 saturated heterocycles. The molecule has 0 unspecified atom stereocenters. The molecule has 0 spiro atoms. The SMILES string of the molecule is Cc1cnc(CNCc2cc([N+](=O)[O-])ccc2Cl)o1. The number of aromatic nitrogens is 1. The van der Waals surface area contributed by atoms with Gasteiger partial charge >= 0.3 is 0 Å². The van der Waals surface area contributed by atoms with Crippen LogP contribution >= 0.6 is 11.6 Å². The van der Waals surface area contributed by atoms with E-state index in [1.165, 1.54) is 18.2 Å². The van der Waals surface area contributed by atoms with Gasteiger partial charge in [0.25, 0.3) is 5.69 Å². The standard InChI is InChI=1S/C12H12ClN3O3/c1-8-5-15-12(19-8)7-14-6-9-4-10(16(17)18)2-3-11(9)13/h2-5,14H,6-7H2,1H3. The first-order valence-electron chi connectivity index (χ1n) is 5.61. The monoisotopic (exact) mass is 281 g/mol. The molecular formula is C12H12ClN3O3. The highest BCUT2D eigenvalue weighted by Crippen LogP contribution is 2.21. The molecule has 0 aliphatic heterocycles. The van der Waals surface area contributed by atoms with E-state index < -0.39 is 4.92 Å². The summed E-state index contributed by atoms with van der Waals surface area (Å²) in [5, 5.41) is 14.2. The Labute approximate surface area is 114 Å². The van der Waals surface area contributed by atoms with E-state index in [1.54, 1.807) is 6.20 Å². The average molecular weight is 282 g/mol. The van der Waals surface area contributed by atoms with Crippen molar-refractivity contribution in [1.82, 2.24) is 10.3 Å². The molecule has 7 heteroatoms. The van der Waals surface area contributed by atoms with Crippen LogP contribution in [0, 0.1) is 17.0 Å². The van der Waals surface area contributed by atoms with Gasteiger partial charge in [-0.1, -0.05) is 11.6 Å². The van der Waals surface area contributed by atoms with Crippen LogP contribution in [0.25, 0.3) is 0 Å². The van der Waals surface area contributed by atoms with Crippen LogP contribution < -0.4 is 5.32 Å². The number of nitrogens with one attached hydrogen (secondary N) is 1. The van der Waals surface area contributed by atoms with E-state index in [2.05, 4.69) is 10.3 Å². The summed E-state index contributed by atoms with van der Waals surface area (Å²) in [5.74, 6) is 1.31. The van der Waals surface area contributed by atoms with Crippen LogP contribution in [-0.2, 0) is 13.1 Å². The summed E-state index contributed by atoms with van der Waals surface area (Å²) in [6, 6.07) is 4.35. The Balaban J connectivity index is 1.99. The van der Waals surface area contributed by atoms with Gasteiger partial charge in [0.05, 0.1) is 17.7 Å². The number of oxazole rings is 1.